The molecule has 3 aromatic rings. The second kappa shape index (κ2) is 5.28. The highest BCUT2D eigenvalue weighted by molar-refractivity contribution is 6.01. The Bertz CT molecular complexity index is 792. The van der Waals surface area contributed by atoms with Gasteiger partial charge in [0.2, 0.25) is 0 Å². The SMILES string of the molecule is CN(C)c1cccc(C(=O)Nn2cnc3ccccc32)c1. The van der Waals surface area contributed by atoms with E-state index < -0.39 is 0 Å². The molecule has 0 aliphatic carbocycles. The summed E-state index contributed by atoms with van der Waals surface area (Å²) in [5.41, 5.74) is 6.16. The summed E-state index contributed by atoms with van der Waals surface area (Å²) < 4.78 is 1.64. The quantitative estimate of drug-likeness (QED) is 0.802. The minimum atomic E-state index is -0.165. The van der Waals surface area contributed by atoms with Crippen LogP contribution in [-0.2, 0) is 0 Å². The van der Waals surface area contributed by atoms with E-state index in [2.05, 4.69) is 10.4 Å². The van der Waals surface area contributed by atoms with Crippen molar-refractivity contribution >= 4 is 22.6 Å². The zero-order valence-electron chi connectivity index (χ0n) is 11.9. The Labute approximate surface area is 122 Å². The number of hydrogen-bond acceptors (Lipinski definition) is 3. The number of amides is 1. The van der Waals surface area contributed by atoms with E-state index in [0.717, 1.165) is 16.7 Å². The number of nitrogens with zero attached hydrogens (tertiary/aromatic N) is 3. The fourth-order valence-corrected chi connectivity index (χ4v) is 2.15. The molecule has 0 fully saturated rings. The summed E-state index contributed by atoms with van der Waals surface area (Å²) in [6.07, 6.45) is 1.61. The number of benzene rings is 2. The van der Waals surface area contributed by atoms with Crippen LogP contribution in [0.2, 0.25) is 0 Å². The van der Waals surface area contributed by atoms with Gasteiger partial charge in [-0.3, -0.25) is 10.2 Å². The van der Waals surface area contributed by atoms with Gasteiger partial charge in [-0.1, -0.05) is 18.2 Å². The number of imidazole rings is 1. The van der Waals surface area contributed by atoms with Crippen molar-refractivity contribution in [2.75, 3.05) is 24.4 Å². The maximum Gasteiger partial charge on any atom is 0.270 e. The molecule has 0 aliphatic rings. The number of hydrogen-bond donors (Lipinski definition) is 1. The molecule has 1 N–H and O–H groups in total. The lowest BCUT2D eigenvalue weighted by molar-refractivity contribution is 0.101. The average Bonchev–Trinajstić information content (AvgIpc) is 2.91. The van der Waals surface area contributed by atoms with Crippen molar-refractivity contribution < 1.29 is 4.79 Å². The molecule has 21 heavy (non-hydrogen) atoms. The summed E-state index contributed by atoms with van der Waals surface area (Å²) in [5, 5.41) is 0. The van der Waals surface area contributed by atoms with E-state index in [1.807, 2.05) is 61.5 Å². The van der Waals surface area contributed by atoms with Crippen molar-refractivity contribution in [3.63, 3.8) is 0 Å². The molecule has 0 saturated carbocycles. The van der Waals surface area contributed by atoms with Crippen molar-refractivity contribution in [3.8, 4) is 0 Å². The zero-order chi connectivity index (χ0) is 14.8. The molecule has 0 atom stereocenters. The second-order valence-corrected chi connectivity index (χ2v) is 4.99. The molecule has 0 saturated heterocycles. The molecule has 2 aromatic carbocycles. The van der Waals surface area contributed by atoms with E-state index in [1.54, 1.807) is 17.1 Å². The highest BCUT2D eigenvalue weighted by atomic mass is 16.2. The number of nitrogens with one attached hydrogen (secondary N) is 1. The molecule has 106 valence electrons. The van der Waals surface area contributed by atoms with E-state index in [4.69, 9.17) is 0 Å². The number of fused-ring (bicyclic) bond motifs is 1. The molecule has 0 radical (unpaired) electrons. The third-order valence-corrected chi connectivity index (χ3v) is 3.30. The first-order chi connectivity index (χ1) is 10.1. The fourth-order valence-electron chi connectivity index (χ4n) is 2.15. The summed E-state index contributed by atoms with van der Waals surface area (Å²) >= 11 is 0. The first kappa shape index (κ1) is 13.2. The van der Waals surface area contributed by atoms with Crippen LogP contribution in [0.15, 0.2) is 54.9 Å². The number of anilines is 1. The number of para-hydroxylation sites is 2. The second-order valence-electron chi connectivity index (χ2n) is 4.99. The minimum Gasteiger partial charge on any atom is -0.378 e. The molecular formula is C16H16N4O. The molecule has 0 bridgehead atoms. The van der Waals surface area contributed by atoms with Crippen LogP contribution in [0.3, 0.4) is 0 Å². The van der Waals surface area contributed by atoms with E-state index in [9.17, 15) is 4.79 Å². The fraction of sp³-hybridized carbons (Fsp3) is 0.125. The van der Waals surface area contributed by atoms with Gasteiger partial charge in [0.25, 0.3) is 5.91 Å². The molecule has 1 heterocycles. The zero-order valence-corrected chi connectivity index (χ0v) is 11.9. The van der Waals surface area contributed by atoms with Crippen LogP contribution < -0.4 is 10.3 Å². The standard InChI is InChI=1S/C16H16N4O/c1-19(2)13-7-5-6-12(10-13)16(21)18-20-11-17-14-8-3-4-9-15(14)20/h3-11H,1-2H3,(H,18,21). The van der Waals surface area contributed by atoms with Crippen LogP contribution in [0.1, 0.15) is 10.4 Å². The van der Waals surface area contributed by atoms with Gasteiger partial charge >= 0.3 is 0 Å². The van der Waals surface area contributed by atoms with Crippen LogP contribution in [0.5, 0.6) is 0 Å². The Morgan fingerprint density at radius 2 is 1.95 bits per heavy atom. The van der Waals surface area contributed by atoms with Crippen molar-refractivity contribution in [3.05, 3.63) is 60.4 Å². The Balaban J connectivity index is 1.88. The molecule has 3 rings (SSSR count). The van der Waals surface area contributed by atoms with Crippen molar-refractivity contribution in [1.29, 1.82) is 0 Å². The summed E-state index contributed by atoms with van der Waals surface area (Å²) in [4.78, 5) is 18.6. The van der Waals surface area contributed by atoms with Gasteiger partial charge < -0.3 is 4.90 Å². The molecule has 1 aromatic heterocycles. The predicted molar refractivity (Wildman–Crippen MR) is 84.2 cm³/mol. The summed E-state index contributed by atoms with van der Waals surface area (Å²) in [7, 11) is 3.89. The average molecular weight is 280 g/mol. The lowest BCUT2D eigenvalue weighted by atomic mass is 10.2. The monoisotopic (exact) mass is 280 g/mol. The predicted octanol–water partition coefficient (Wildman–Crippen LogP) is 2.49. The molecule has 5 nitrogen and oxygen atoms in total. The molecule has 0 spiro atoms. The first-order valence-electron chi connectivity index (χ1n) is 6.66. The molecular weight excluding hydrogens is 264 g/mol. The van der Waals surface area contributed by atoms with Crippen LogP contribution in [-0.4, -0.2) is 29.7 Å². The largest absolute Gasteiger partial charge is 0.378 e. The third-order valence-electron chi connectivity index (χ3n) is 3.30. The first-order valence-corrected chi connectivity index (χ1v) is 6.66. The normalized spacial score (nSPS) is 10.6. The summed E-state index contributed by atoms with van der Waals surface area (Å²) in [6, 6.07) is 15.1. The number of carbonyl (C=O) groups is 1. The molecule has 1 amide bonds. The lowest BCUT2D eigenvalue weighted by Gasteiger charge is -2.13. The van der Waals surface area contributed by atoms with Gasteiger partial charge in [-0.15, -0.1) is 0 Å². The van der Waals surface area contributed by atoms with E-state index in [0.29, 0.717) is 5.56 Å². The molecule has 0 unspecified atom stereocenters. The van der Waals surface area contributed by atoms with Crippen molar-refractivity contribution in [2.24, 2.45) is 0 Å². The van der Waals surface area contributed by atoms with Gasteiger partial charge in [-0.25, -0.2) is 9.66 Å². The van der Waals surface area contributed by atoms with Gasteiger partial charge in [0.05, 0.1) is 11.0 Å². The van der Waals surface area contributed by atoms with Crippen molar-refractivity contribution in [1.82, 2.24) is 9.66 Å². The Kier molecular flexibility index (Phi) is 3.31. The molecule has 5 heteroatoms. The van der Waals surface area contributed by atoms with E-state index in [-0.39, 0.29) is 5.91 Å². The van der Waals surface area contributed by atoms with Gasteiger partial charge in [0.15, 0.2) is 0 Å². The summed E-state index contributed by atoms with van der Waals surface area (Å²) in [5.74, 6) is -0.165. The number of carbonyl (C=O) groups excluding carboxylic acids is 1. The van der Waals surface area contributed by atoms with Gasteiger partial charge in [0.1, 0.15) is 6.33 Å². The highest BCUT2D eigenvalue weighted by Gasteiger charge is 2.09. The smallest absolute Gasteiger partial charge is 0.270 e. The minimum absolute atomic E-state index is 0.165. The van der Waals surface area contributed by atoms with Gasteiger partial charge in [-0.2, -0.15) is 0 Å². The Hall–Kier alpha value is -2.82. The highest BCUT2D eigenvalue weighted by Crippen LogP contribution is 2.14. The Morgan fingerprint density at radius 3 is 2.76 bits per heavy atom. The summed E-state index contributed by atoms with van der Waals surface area (Å²) in [6.45, 7) is 0. The van der Waals surface area contributed by atoms with E-state index in [1.165, 1.54) is 0 Å². The van der Waals surface area contributed by atoms with Crippen LogP contribution in [0, 0.1) is 0 Å². The van der Waals surface area contributed by atoms with Gasteiger partial charge in [-0.05, 0) is 30.3 Å². The maximum atomic E-state index is 12.4. The maximum absolute atomic E-state index is 12.4. The van der Waals surface area contributed by atoms with Gasteiger partial charge in [0, 0.05) is 25.3 Å². The Morgan fingerprint density at radius 1 is 1.14 bits per heavy atom. The number of aromatic nitrogens is 2. The van der Waals surface area contributed by atoms with E-state index >= 15 is 0 Å². The molecule has 0 aliphatic heterocycles. The number of rotatable bonds is 3. The van der Waals surface area contributed by atoms with Crippen molar-refractivity contribution in [2.45, 2.75) is 0 Å². The topological polar surface area (TPSA) is 50.2 Å². The van der Waals surface area contributed by atoms with Crippen LogP contribution in [0.4, 0.5) is 5.69 Å². The lowest BCUT2D eigenvalue weighted by Crippen LogP contribution is -2.22. The third kappa shape index (κ3) is 2.58. The van der Waals surface area contributed by atoms with Crippen LogP contribution >= 0.6 is 0 Å². The van der Waals surface area contributed by atoms with Crippen LogP contribution in [0.25, 0.3) is 11.0 Å².